The molecule has 162 valence electrons. The van der Waals surface area contributed by atoms with Gasteiger partial charge in [-0.2, -0.15) is 0 Å². The van der Waals surface area contributed by atoms with Crippen molar-refractivity contribution in [2.24, 2.45) is 5.41 Å². The van der Waals surface area contributed by atoms with Gasteiger partial charge in [0, 0.05) is 36.4 Å². The molecule has 0 amide bonds. The van der Waals surface area contributed by atoms with Gasteiger partial charge >= 0.3 is 5.97 Å². The van der Waals surface area contributed by atoms with Crippen molar-refractivity contribution < 1.29 is 23.8 Å². The SMILES string of the molecule is CCOc1ccc([C@H]2C(C(=O)OCCOC)=C(C)NC3=C2C(=O)CC(C)(C)C3)cc1. The topological polar surface area (TPSA) is 73.9 Å². The Hall–Kier alpha value is -2.60. The van der Waals surface area contributed by atoms with E-state index in [1.807, 2.05) is 38.1 Å². The van der Waals surface area contributed by atoms with Gasteiger partial charge in [0.2, 0.25) is 0 Å². The van der Waals surface area contributed by atoms with E-state index in [9.17, 15) is 9.59 Å². The van der Waals surface area contributed by atoms with E-state index in [2.05, 4.69) is 19.2 Å². The minimum absolute atomic E-state index is 0.0716. The van der Waals surface area contributed by atoms with Crippen molar-refractivity contribution >= 4 is 11.8 Å². The van der Waals surface area contributed by atoms with E-state index in [1.54, 1.807) is 7.11 Å². The zero-order valence-electron chi connectivity index (χ0n) is 18.5. The van der Waals surface area contributed by atoms with E-state index in [1.165, 1.54) is 0 Å². The van der Waals surface area contributed by atoms with Crippen LogP contribution in [0.4, 0.5) is 0 Å². The Balaban J connectivity index is 2.05. The Labute approximate surface area is 178 Å². The lowest BCUT2D eigenvalue weighted by Crippen LogP contribution is -2.38. The maximum atomic E-state index is 13.2. The molecule has 1 heterocycles. The highest BCUT2D eigenvalue weighted by Gasteiger charge is 2.43. The molecular formula is C24H31NO5. The third-order valence-electron chi connectivity index (χ3n) is 5.50. The van der Waals surface area contributed by atoms with Crippen LogP contribution in [0.3, 0.4) is 0 Å². The van der Waals surface area contributed by atoms with E-state index in [4.69, 9.17) is 14.2 Å². The predicted octanol–water partition coefficient (Wildman–Crippen LogP) is 3.88. The summed E-state index contributed by atoms with van der Waals surface area (Å²) in [4.78, 5) is 26.2. The molecular weight excluding hydrogens is 382 g/mol. The summed E-state index contributed by atoms with van der Waals surface area (Å²) in [5, 5.41) is 3.34. The lowest BCUT2D eigenvalue weighted by Gasteiger charge is -2.39. The predicted molar refractivity (Wildman–Crippen MR) is 114 cm³/mol. The van der Waals surface area contributed by atoms with E-state index in [0.717, 1.165) is 29.1 Å². The molecule has 1 aromatic carbocycles. The second-order valence-corrected chi connectivity index (χ2v) is 8.56. The zero-order chi connectivity index (χ0) is 21.9. The first-order valence-corrected chi connectivity index (χ1v) is 10.4. The van der Waals surface area contributed by atoms with Gasteiger partial charge in [0.15, 0.2) is 5.78 Å². The molecule has 2 aliphatic rings. The van der Waals surface area contributed by atoms with Crippen LogP contribution in [0, 0.1) is 5.41 Å². The molecule has 0 aromatic heterocycles. The standard InChI is InChI=1S/C24H31NO5/c1-6-29-17-9-7-16(8-10-17)21-20(23(27)30-12-11-28-5)15(2)25-18-13-24(3,4)14-19(26)22(18)21/h7-10,21,25H,6,11-14H2,1-5H3/t21-/m0/s1. The number of benzene rings is 1. The van der Waals surface area contributed by atoms with Crippen molar-refractivity contribution in [1.29, 1.82) is 0 Å². The number of rotatable bonds is 7. The van der Waals surface area contributed by atoms with Gasteiger partial charge in [-0.05, 0) is 43.4 Å². The van der Waals surface area contributed by atoms with Crippen LogP contribution in [-0.2, 0) is 19.1 Å². The number of hydrogen-bond donors (Lipinski definition) is 1. The number of ketones is 1. The monoisotopic (exact) mass is 413 g/mol. The molecule has 0 radical (unpaired) electrons. The van der Waals surface area contributed by atoms with Gasteiger partial charge in [-0.25, -0.2) is 4.79 Å². The van der Waals surface area contributed by atoms with Crippen LogP contribution in [0.2, 0.25) is 0 Å². The molecule has 0 saturated heterocycles. The largest absolute Gasteiger partial charge is 0.494 e. The third-order valence-corrected chi connectivity index (χ3v) is 5.50. The number of Topliss-reactive ketones (excluding diaryl/α,β-unsaturated/α-hetero) is 1. The summed E-state index contributed by atoms with van der Waals surface area (Å²) in [5.41, 5.74) is 3.52. The van der Waals surface area contributed by atoms with E-state index in [0.29, 0.717) is 30.8 Å². The van der Waals surface area contributed by atoms with Crippen LogP contribution in [0.5, 0.6) is 5.75 Å². The molecule has 1 atom stereocenters. The fourth-order valence-corrected chi connectivity index (χ4v) is 4.26. The fourth-order valence-electron chi connectivity index (χ4n) is 4.26. The number of nitrogens with one attached hydrogen (secondary N) is 1. The molecule has 6 nitrogen and oxygen atoms in total. The second-order valence-electron chi connectivity index (χ2n) is 8.56. The number of ether oxygens (including phenoxy) is 3. The Bertz CT molecular complexity index is 879. The summed E-state index contributed by atoms with van der Waals surface area (Å²) < 4.78 is 16.0. The van der Waals surface area contributed by atoms with Crippen molar-refractivity contribution in [1.82, 2.24) is 5.32 Å². The quantitative estimate of drug-likeness (QED) is 0.540. The van der Waals surface area contributed by atoms with Gasteiger partial charge in [-0.15, -0.1) is 0 Å². The number of dihydropyridines is 1. The van der Waals surface area contributed by atoms with Crippen molar-refractivity contribution in [3.8, 4) is 5.75 Å². The molecule has 0 unspecified atom stereocenters. The molecule has 6 heteroatoms. The number of carbonyl (C=O) groups excluding carboxylic acids is 2. The number of methoxy groups -OCH3 is 1. The van der Waals surface area contributed by atoms with Crippen LogP contribution < -0.4 is 10.1 Å². The molecule has 0 fully saturated rings. The van der Waals surface area contributed by atoms with Crippen LogP contribution in [-0.4, -0.2) is 38.7 Å². The highest BCUT2D eigenvalue weighted by molar-refractivity contribution is 6.04. The van der Waals surface area contributed by atoms with Crippen molar-refractivity contribution in [3.63, 3.8) is 0 Å². The first-order valence-electron chi connectivity index (χ1n) is 10.4. The summed E-state index contributed by atoms with van der Waals surface area (Å²) in [6, 6.07) is 7.60. The molecule has 0 bridgehead atoms. The van der Waals surface area contributed by atoms with Crippen LogP contribution in [0.15, 0.2) is 46.8 Å². The lowest BCUT2D eigenvalue weighted by molar-refractivity contribution is -0.140. The van der Waals surface area contributed by atoms with Gasteiger partial charge in [0.1, 0.15) is 12.4 Å². The molecule has 0 saturated carbocycles. The summed E-state index contributed by atoms with van der Waals surface area (Å²) in [6.07, 6.45) is 1.21. The Morgan fingerprint density at radius 2 is 1.87 bits per heavy atom. The number of carbonyl (C=O) groups is 2. The molecule has 3 rings (SSSR count). The molecule has 1 N–H and O–H groups in total. The lowest BCUT2D eigenvalue weighted by atomic mass is 9.68. The molecule has 1 aromatic rings. The van der Waals surface area contributed by atoms with E-state index in [-0.39, 0.29) is 17.8 Å². The van der Waals surface area contributed by atoms with Gasteiger partial charge in [0.25, 0.3) is 0 Å². The van der Waals surface area contributed by atoms with Crippen molar-refractivity contribution in [2.75, 3.05) is 26.9 Å². The van der Waals surface area contributed by atoms with Gasteiger partial charge in [0.05, 0.1) is 18.8 Å². The fraction of sp³-hybridized carbons (Fsp3) is 0.500. The highest BCUT2D eigenvalue weighted by atomic mass is 16.6. The molecule has 30 heavy (non-hydrogen) atoms. The van der Waals surface area contributed by atoms with Crippen LogP contribution >= 0.6 is 0 Å². The maximum absolute atomic E-state index is 13.2. The maximum Gasteiger partial charge on any atom is 0.336 e. The smallest absolute Gasteiger partial charge is 0.336 e. The van der Waals surface area contributed by atoms with Crippen LogP contribution in [0.1, 0.15) is 52.0 Å². The average molecular weight is 414 g/mol. The van der Waals surface area contributed by atoms with Crippen LogP contribution in [0.25, 0.3) is 0 Å². The summed E-state index contributed by atoms with van der Waals surface area (Å²) >= 11 is 0. The Morgan fingerprint density at radius 3 is 2.50 bits per heavy atom. The minimum Gasteiger partial charge on any atom is -0.494 e. The molecule has 1 aliphatic carbocycles. The number of allylic oxidation sites excluding steroid dienone is 3. The Morgan fingerprint density at radius 1 is 1.17 bits per heavy atom. The Kier molecular flexibility index (Phi) is 6.66. The normalized spacial score (nSPS) is 20.6. The first kappa shape index (κ1) is 22.1. The van der Waals surface area contributed by atoms with Gasteiger partial charge in [-0.3, -0.25) is 4.79 Å². The number of esters is 1. The first-order chi connectivity index (χ1) is 14.3. The minimum atomic E-state index is -0.462. The molecule has 1 aliphatic heterocycles. The third kappa shape index (κ3) is 4.59. The van der Waals surface area contributed by atoms with Gasteiger partial charge in [-0.1, -0.05) is 26.0 Å². The summed E-state index contributed by atoms with van der Waals surface area (Å²) in [7, 11) is 1.56. The zero-order valence-corrected chi connectivity index (χ0v) is 18.5. The summed E-state index contributed by atoms with van der Waals surface area (Å²) in [5.74, 6) is -0.0663. The van der Waals surface area contributed by atoms with Gasteiger partial charge < -0.3 is 19.5 Å². The molecule has 0 spiro atoms. The highest BCUT2D eigenvalue weighted by Crippen LogP contribution is 2.46. The van der Waals surface area contributed by atoms with E-state index < -0.39 is 11.9 Å². The number of hydrogen-bond acceptors (Lipinski definition) is 6. The second kappa shape index (κ2) is 9.04. The summed E-state index contributed by atoms with van der Waals surface area (Å²) in [6.45, 7) is 9.04. The van der Waals surface area contributed by atoms with Crippen molar-refractivity contribution in [2.45, 2.75) is 46.5 Å². The van der Waals surface area contributed by atoms with E-state index >= 15 is 0 Å². The average Bonchev–Trinajstić information content (AvgIpc) is 2.67. The van der Waals surface area contributed by atoms with Crippen molar-refractivity contribution in [3.05, 3.63) is 52.4 Å².